The Morgan fingerprint density at radius 3 is 2.79 bits per heavy atom. The Kier molecular flexibility index (Phi) is 6.45. The van der Waals surface area contributed by atoms with E-state index in [1.54, 1.807) is 18.3 Å². The molecule has 0 atom stereocenters. The van der Waals surface area contributed by atoms with Crippen LogP contribution in [0.3, 0.4) is 0 Å². The summed E-state index contributed by atoms with van der Waals surface area (Å²) in [6.45, 7) is 0.545. The van der Waals surface area contributed by atoms with E-state index in [1.807, 2.05) is 0 Å². The van der Waals surface area contributed by atoms with E-state index in [1.165, 1.54) is 0 Å². The van der Waals surface area contributed by atoms with Crippen molar-refractivity contribution in [2.75, 3.05) is 19.7 Å². The molecule has 0 unspecified atom stereocenters. The SMILES string of the molecule is O=C(O)CCNC(=O)NCCOc1ncccc1Cl. The third-order valence-corrected chi connectivity index (χ3v) is 2.26. The molecule has 3 N–H and O–H groups in total. The highest BCUT2D eigenvalue weighted by Gasteiger charge is 2.03. The molecule has 0 aliphatic carbocycles. The maximum Gasteiger partial charge on any atom is 0.314 e. The second kappa shape index (κ2) is 8.15. The molecule has 1 aromatic heterocycles. The molecule has 8 heteroatoms. The Morgan fingerprint density at radius 1 is 1.37 bits per heavy atom. The maximum absolute atomic E-state index is 11.2. The number of carbonyl (C=O) groups is 2. The van der Waals surface area contributed by atoms with Crippen LogP contribution >= 0.6 is 11.6 Å². The number of carboxylic acids is 1. The number of aromatic nitrogens is 1. The van der Waals surface area contributed by atoms with Crippen LogP contribution in [0.1, 0.15) is 6.42 Å². The zero-order valence-corrected chi connectivity index (χ0v) is 10.8. The van der Waals surface area contributed by atoms with Gasteiger partial charge < -0.3 is 20.5 Å². The first kappa shape index (κ1) is 15.0. The van der Waals surface area contributed by atoms with Crippen molar-refractivity contribution >= 4 is 23.6 Å². The van der Waals surface area contributed by atoms with E-state index in [-0.39, 0.29) is 26.1 Å². The highest BCUT2D eigenvalue weighted by atomic mass is 35.5. The summed E-state index contributed by atoms with van der Waals surface area (Å²) in [7, 11) is 0. The Hall–Kier alpha value is -2.02. The number of urea groups is 1. The highest BCUT2D eigenvalue weighted by molar-refractivity contribution is 6.31. The molecule has 0 aliphatic rings. The van der Waals surface area contributed by atoms with Gasteiger partial charge in [-0.2, -0.15) is 0 Å². The van der Waals surface area contributed by atoms with Crippen molar-refractivity contribution in [3.8, 4) is 5.88 Å². The second-order valence-corrected chi connectivity index (χ2v) is 3.87. The summed E-state index contributed by atoms with van der Waals surface area (Å²) >= 11 is 5.82. The van der Waals surface area contributed by atoms with Gasteiger partial charge in [-0.25, -0.2) is 9.78 Å². The summed E-state index contributed by atoms with van der Waals surface area (Å²) in [5, 5.41) is 13.7. The molecule has 1 heterocycles. The number of rotatable bonds is 7. The predicted octanol–water partition coefficient (Wildman–Crippen LogP) is 0.888. The van der Waals surface area contributed by atoms with Crippen LogP contribution in [0.25, 0.3) is 0 Å². The Labute approximate surface area is 114 Å². The van der Waals surface area contributed by atoms with Crippen LogP contribution in [-0.4, -0.2) is 41.8 Å². The zero-order valence-electron chi connectivity index (χ0n) is 10.1. The van der Waals surface area contributed by atoms with Gasteiger partial charge in [0.15, 0.2) is 0 Å². The van der Waals surface area contributed by atoms with E-state index >= 15 is 0 Å². The van der Waals surface area contributed by atoms with Crippen LogP contribution in [0.2, 0.25) is 5.02 Å². The average molecular weight is 288 g/mol. The zero-order chi connectivity index (χ0) is 14.1. The summed E-state index contributed by atoms with van der Waals surface area (Å²) < 4.78 is 5.25. The van der Waals surface area contributed by atoms with Gasteiger partial charge in [-0.05, 0) is 12.1 Å². The summed E-state index contributed by atoms with van der Waals surface area (Å²) in [4.78, 5) is 25.3. The molecule has 0 spiro atoms. The molecule has 0 fully saturated rings. The summed E-state index contributed by atoms with van der Waals surface area (Å²) in [5.74, 6) is -0.661. The van der Waals surface area contributed by atoms with Crippen LogP contribution in [0.4, 0.5) is 4.79 Å². The van der Waals surface area contributed by atoms with Crippen molar-refractivity contribution in [2.24, 2.45) is 0 Å². The molecule has 1 rings (SSSR count). The smallest absolute Gasteiger partial charge is 0.314 e. The van der Waals surface area contributed by atoms with Crippen LogP contribution < -0.4 is 15.4 Å². The lowest BCUT2D eigenvalue weighted by Crippen LogP contribution is -2.38. The van der Waals surface area contributed by atoms with Crippen LogP contribution in [0.5, 0.6) is 5.88 Å². The van der Waals surface area contributed by atoms with Crippen molar-refractivity contribution in [1.29, 1.82) is 0 Å². The number of halogens is 1. The minimum atomic E-state index is -0.964. The van der Waals surface area contributed by atoms with Crippen molar-refractivity contribution in [1.82, 2.24) is 15.6 Å². The maximum atomic E-state index is 11.2. The van der Waals surface area contributed by atoms with Crippen molar-refractivity contribution in [3.05, 3.63) is 23.4 Å². The van der Waals surface area contributed by atoms with Gasteiger partial charge in [0.1, 0.15) is 11.6 Å². The van der Waals surface area contributed by atoms with Crippen LogP contribution in [0, 0.1) is 0 Å². The van der Waals surface area contributed by atoms with E-state index < -0.39 is 12.0 Å². The molecule has 1 aromatic rings. The van der Waals surface area contributed by atoms with Crippen LogP contribution in [-0.2, 0) is 4.79 Å². The van der Waals surface area contributed by atoms with Crippen molar-refractivity contribution < 1.29 is 19.4 Å². The predicted molar refractivity (Wildman–Crippen MR) is 68.4 cm³/mol. The number of amides is 2. The fraction of sp³-hybridized carbons (Fsp3) is 0.364. The molecule has 0 radical (unpaired) electrons. The van der Waals surface area contributed by atoms with E-state index in [0.29, 0.717) is 10.9 Å². The standard InChI is InChI=1S/C11H14ClN3O4/c12-8-2-1-4-13-10(8)19-7-6-15-11(18)14-5-3-9(16)17/h1-2,4H,3,5-7H2,(H,16,17)(H2,14,15,18). The molecule has 2 amide bonds. The first-order valence-electron chi connectivity index (χ1n) is 5.56. The summed E-state index contributed by atoms with van der Waals surface area (Å²) in [6, 6.07) is 2.89. The minimum Gasteiger partial charge on any atom is -0.481 e. The van der Waals surface area contributed by atoms with E-state index in [4.69, 9.17) is 21.4 Å². The molecule has 7 nitrogen and oxygen atoms in total. The largest absolute Gasteiger partial charge is 0.481 e. The van der Waals surface area contributed by atoms with Crippen molar-refractivity contribution in [3.63, 3.8) is 0 Å². The highest BCUT2D eigenvalue weighted by Crippen LogP contribution is 2.19. The molecule has 0 bridgehead atoms. The van der Waals surface area contributed by atoms with Gasteiger partial charge in [-0.15, -0.1) is 0 Å². The minimum absolute atomic E-state index is 0.0775. The summed E-state index contributed by atoms with van der Waals surface area (Å²) in [5.41, 5.74) is 0. The number of pyridine rings is 1. The van der Waals surface area contributed by atoms with Gasteiger partial charge in [0.25, 0.3) is 0 Å². The number of hydrogen-bond acceptors (Lipinski definition) is 4. The monoisotopic (exact) mass is 287 g/mol. The summed E-state index contributed by atoms with van der Waals surface area (Å²) in [6.07, 6.45) is 1.43. The quantitative estimate of drug-likeness (QED) is 0.647. The number of aliphatic carboxylic acids is 1. The fourth-order valence-electron chi connectivity index (χ4n) is 1.14. The Morgan fingerprint density at radius 2 is 2.11 bits per heavy atom. The molecule has 0 saturated carbocycles. The number of carboxylic acid groups (broad SMARTS) is 1. The molecule has 0 aliphatic heterocycles. The van der Waals surface area contributed by atoms with E-state index in [0.717, 1.165) is 0 Å². The number of nitrogens with one attached hydrogen (secondary N) is 2. The topological polar surface area (TPSA) is 101 Å². The number of ether oxygens (including phenoxy) is 1. The van der Waals surface area contributed by atoms with Crippen molar-refractivity contribution in [2.45, 2.75) is 6.42 Å². The third kappa shape index (κ3) is 6.46. The molecular formula is C11H14ClN3O4. The Balaban J connectivity index is 2.12. The molecular weight excluding hydrogens is 274 g/mol. The first-order chi connectivity index (χ1) is 9.09. The van der Waals surface area contributed by atoms with Crippen LogP contribution in [0.15, 0.2) is 18.3 Å². The van der Waals surface area contributed by atoms with Gasteiger partial charge in [-0.3, -0.25) is 4.79 Å². The molecule has 0 aromatic carbocycles. The Bertz CT molecular complexity index is 442. The van der Waals surface area contributed by atoms with Gasteiger partial charge in [-0.1, -0.05) is 11.6 Å². The lowest BCUT2D eigenvalue weighted by atomic mass is 10.4. The van der Waals surface area contributed by atoms with E-state index in [2.05, 4.69) is 15.6 Å². The number of nitrogens with zero attached hydrogens (tertiary/aromatic N) is 1. The van der Waals surface area contributed by atoms with E-state index in [9.17, 15) is 9.59 Å². The number of hydrogen-bond donors (Lipinski definition) is 3. The van der Waals surface area contributed by atoms with Gasteiger partial charge in [0, 0.05) is 12.7 Å². The second-order valence-electron chi connectivity index (χ2n) is 3.47. The molecule has 0 saturated heterocycles. The molecule has 104 valence electrons. The van der Waals surface area contributed by atoms with Gasteiger partial charge in [0.05, 0.1) is 13.0 Å². The third-order valence-electron chi connectivity index (χ3n) is 1.98. The normalized spacial score (nSPS) is 9.74. The van der Waals surface area contributed by atoms with Gasteiger partial charge in [0.2, 0.25) is 5.88 Å². The lowest BCUT2D eigenvalue weighted by Gasteiger charge is -2.08. The molecule has 19 heavy (non-hydrogen) atoms. The average Bonchev–Trinajstić information content (AvgIpc) is 2.36. The fourth-order valence-corrected chi connectivity index (χ4v) is 1.31. The number of carbonyl (C=O) groups excluding carboxylic acids is 1. The lowest BCUT2D eigenvalue weighted by molar-refractivity contribution is -0.136. The van der Waals surface area contributed by atoms with Gasteiger partial charge >= 0.3 is 12.0 Å². The first-order valence-corrected chi connectivity index (χ1v) is 5.94.